The highest BCUT2D eigenvalue weighted by molar-refractivity contribution is 7.81. The van der Waals surface area contributed by atoms with Crippen LogP contribution < -0.4 is 5.73 Å². The Hall–Kier alpha value is -0.910. The first-order valence-corrected chi connectivity index (χ1v) is 4.66. The predicted octanol–water partition coefficient (Wildman–Crippen LogP) is 0.0631. The molecule has 0 unspecified atom stereocenters. The second kappa shape index (κ2) is 4.36. The van der Waals surface area contributed by atoms with Crippen LogP contribution in [0.5, 0.6) is 0 Å². The smallest absolute Gasteiger partial charge is 0.404 e. The van der Waals surface area contributed by atoms with Crippen molar-refractivity contribution in [3.63, 3.8) is 0 Å². The molecule has 74 valence electrons. The lowest BCUT2D eigenvalue weighted by Crippen LogP contribution is -2.31. The van der Waals surface area contributed by atoms with Crippen LogP contribution >= 0.6 is 12.6 Å². The van der Waals surface area contributed by atoms with Crippen molar-refractivity contribution in [1.82, 2.24) is 4.90 Å². The van der Waals surface area contributed by atoms with Crippen LogP contribution in [-0.4, -0.2) is 41.8 Å². The summed E-state index contributed by atoms with van der Waals surface area (Å²) in [4.78, 5) is 12.2. The Labute approximate surface area is 82.1 Å². The Morgan fingerprint density at radius 3 is 3.00 bits per heavy atom. The van der Waals surface area contributed by atoms with Gasteiger partial charge in [-0.15, -0.1) is 0 Å². The fraction of sp³-hybridized carbons (Fsp3) is 0.714. The highest BCUT2D eigenvalue weighted by Gasteiger charge is 2.25. The molecule has 1 fully saturated rings. The molecule has 0 aliphatic carbocycles. The van der Waals surface area contributed by atoms with E-state index in [1.54, 1.807) is 0 Å². The average molecular weight is 203 g/mol. The number of thiol groups is 1. The van der Waals surface area contributed by atoms with Crippen LogP contribution in [0.1, 0.15) is 6.42 Å². The van der Waals surface area contributed by atoms with Gasteiger partial charge in [0.05, 0.1) is 6.54 Å². The summed E-state index contributed by atoms with van der Waals surface area (Å²) in [5, 5.41) is 7.48. The zero-order valence-corrected chi connectivity index (χ0v) is 8.09. The van der Waals surface area contributed by atoms with Gasteiger partial charge in [-0.05, 0) is 0 Å². The molecule has 1 aliphatic rings. The van der Waals surface area contributed by atoms with E-state index in [4.69, 9.17) is 15.9 Å². The SMILES string of the molecule is N=C(CS)N1CC[C@@H](OC(N)=O)C1. The second-order valence-electron chi connectivity index (χ2n) is 2.90. The quantitative estimate of drug-likeness (QED) is 0.337. The highest BCUT2D eigenvalue weighted by atomic mass is 32.1. The number of nitrogens with one attached hydrogen (secondary N) is 1. The van der Waals surface area contributed by atoms with Crippen molar-refractivity contribution in [3.8, 4) is 0 Å². The molecule has 5 nitrogen and oxygen atoms in total. The van der Waals surface area contributed by atoms with Gasteiger partial charge in [0.1, 0.15) is 11.9 Å². The van der Waals surface area contributed by atoms with Gasteiger partial charge in [-0.1, -0.05) is 0 Å². The van der Waals surface area contributed by atoms with Crippen molar-refractivity contribution in [2.75, 3.05) is 18.8 Å². The summed E-state index contributed by atoms with van der Waals surface area (Å²) in [5.74, 6) is 0.863. The lowest BCUT2D eigenvalue weighted by molar-refractivity contribution is 0.113. The summed E-state index contributed by atoms with van der Waals surface area (Å²) in [6.07, 6.45) is -0.180. The van der Waals surface area contributed by atoms with E-state index in [1.807, 2.05) is 4.90 Å². The van der Waals surface area contributed by atoms with Gasteiger partial charge < -0.3 is 15.4 Å². The maximum Gasteiger partial charge on any atom is 0.404 e. The fourth-order valence-electron chi connectivity index (χ4n) is 1.33. The van der Waals surface area contributed by atoms with Gasteiger partial charge in [-0.2, -0.15) is 12.6 Å². The number of rotatable bonds is 2. The topological polar surface area (TPSA) is 79.4 Å². The number of carbonyl (C=O) groups is 1. The molecular weight excluding hydrogens is 190 g/mol. The summed E-state index contributed by atoms with van der Waals surface area (Å²) in [6.45, 7) is 1.29. The van der Waals surface area contributed by atoms with E-state index >= 15 is 0 Å². The monoisotopic (exact) mass is 203 g/mol. The predicted molar refractivity (Wildman–Crippen MR) is 52.2 cm³/mol. The van der Waals surface area contributed by atoms with Crippen molar-refractivity contribution in [3.05, 3.63) is 0 Å². The minimum atomic E-state index is -0.746. The largest absolute Gasteiger partial charge is 0.444 e. The first-order chi connectivity index (χ1) is 6.13. The summed E-state index contributed by atoms with van der Waals surface area (Å²) in [7, 11) is 0. The van der Waals surface area contributed by atoms with Crippen LogP contribution in [0.25, 0.3) is 0 Å². The molecular formula is C7H13N3O2S. The molecule has 0 saturated carbocycles. The molecule has 0 radical (unpaired) electrons. The van der Waals surface area contributed by atoms with Crippen LogP contribution in [-0.2, 0) is 4.74 Å². The molecule has 0 aromatic heterocycles. The van der Waals surface area contributed by atoms with Gasteiger partial charge in [0.2, 0.25) is 0 Å². The molecule has 1 amide bonds. The summed E-state index contributed by atoms with van der Waals surface area (Å²) >= 11 is 3.99. The lowest BCUT2D eigenvalue weighted by Gasteiger charge is -2.17. The molecule has 1 saturated heterocycles. The number of amides is 1. The van der Waals surface area contributed by atoms with Crippen LogP contribution in [0, 0.1) is 5.41 Å². The normalized spacial score (nSPS) is 21.6. The highest BCUT2D eigenvalue weighted by Crippen LogP contribution is 2.12. The van der Waals surface area contributed by atoms with Crippen molar-refractivity contribution in [2.24, 2.45) is 5.73 Å². The van der Waals surface area contributed by atoms with Crippen molar-refractivity contribution in [1.29, 1.82) is 5.41 Å². The molecule has 13 heavy (non-hydrogen) atoms. The third-order valence-electron chi connectivity index (χ3n) is 1.96. The number of hydrogen-bond acceptors (Lipinski definition) is 4. The third-order valence-corrected chi connectivity index (χ3v) is 2.26. The summed E-state index contributed by atoms with van der Waals surface area (Å²) in [5.41, 5.74) is 4.88. The molecule has 0 spiro atoms. The van der Waals surface area contributed by atoms with Crippen molar-refractivity contribution >= 4 is 24.6 Å². The Bertz CT molecular complexity index is 222. The molecule has 0 bridgehead atoms. The zero-order chi connectivity index (χ0) is 9.84. The van der Waals surface area contributed by atoms with Gasteiger partial charge in [-0.25, -0.2) is 4.79 Å². The number of carbonyl (C=O) groups excluding carboxylic acids is 1. The van der Waals surface area contributed by atoms with E-state index in [9.17, 15) is 4.79 Å². The Kier molecular flexibility index (Phi) is 3.41. The van der Waals surface area contributed by atoms with Gasteiger partial charge in [0.25, 0.3) is 0 Å². The second-order valence-corrected chi connectivity index (χ2v) is 3.21. The van der Waals surface area contributed by atoms with Crippen LogP contribution in [0.4, 0.5) is 4.79 Å². The van der Waals surface area contributed by atoms with Crippen molar-refractivity contribution < 1.29 is 9.53 Å². The molecule has 6 heteroatoms. The maximum atomic E-state index is 10.4. The van der Waals surface area contributed by atoms with E-state index in [0.717, 1.165) is 13.0 Å². The number of primary amides is 1. The van der Waals surface area contributed by atoms with Crippen LogP contribution in [0.2, 0.25) is 0 Å². The van der Waals surface area contributed by atoms with E-state index in [0.29, 0.717) is 18.1 Å². The maximum absolute atomic E-state index is 10.4. The number of amidine groups is 1. The minimum absolute atomic E-state index is 0.169. The molecule has 1 heterocycles. The molecule has 1 rings (SSSR count). The molecule has 0 aromatic carbocycles. The van der Waals surface area contributed by atoms with E-state index < -0.39 is 6.09 Å². The zero-order valence-electron chi connectivity index (χ0n) is 7.19. The lowest BCUT2D eigenvalue weighted by atomic mass is 10.3. The number of nitrogens with zero attached hydrogens (tertiary/aromatic N) is 1. The van der Waals surface area contributed by atoms with E-state index in [-0.39, 0.29) is 6.10 Å². The first kappa shape index (κ1) is 10.2. The molecule has 0 aromatic rings. The molecule has 1 aliphatic heterocycles. The average Bonchev–Trinajstić information content (AvgIpc) is 2.50. The van der Waals surface area contributed by atoms with Gasteiger partial charge in [-0.3, -0.25) is 5.41 Å². The van der Waals surface area contributed by atoms with Crippen LogP contribution in [0.15, 0.2) is 0 Å². The summed E-state index contributed by atoms with van der Waals surface area (Å²) in [6, 6.07) is 0. The molecule has 3 N–H and O–H groups in total. The Morgan fingerprint density at radius 1 is 1.77 bits per heavy atom. The Balaban J connectivity index is 2.36. The number of likely N-dealkylation sites (tertiary alicyclic amines) is 1. The third kappa shape index (κ3) is 2.80. The summed E-state index contributed by atoms with van der Waals surface area (Å²) < 4.78 is 4.81. The van der Waals surface area contributed by atoms with E-state index in [2.05, 4.69) is 12.6 Å². The van der Waals surface area contributed by atoms with Gasteiger partial charge in [0.15, 0.2) is 0 Å². The molecule has 1 atom stereocenters. The standard InChI is InChI=1S/C7H13N3O2S/c8-6(4-13)10-2-1-5(3-10)12-7(9)11/h5,8,13H,1-4H2,(H2,9,11)/t5-/m1/s1. The number of hydrogen-bond donors (Lipinski definition) is 3. The van der Waals surface area contributed by atoms with Gasteiger partial charge >= 0.3 is 6.09 Å². The van der Waals surface area contributed by atoms with Gasteiger partial charge in [0, 0.05) is 18.7 Å². The first-order valence-electron chi connectivity index (χ1n) is 4.02. The number of ether oxygens (including phenoxy) is 1. The fourth-order valence-corrected chi connectivity index (χ4v) is 1.53. The Morgan fingerprint density at radius 2 is 2.46 bits per heavy atom. The van der Waals surface area contributed by atoms with Crippen LogP contribution in [0.3, 0.4) is 0 Å². The minimum Gasteiger partial charge on any atom is -0.444 e. The number of nitrogens with two attached hydrogens (primary N) is 1. The van der Waals surface area contributed by atoms with Crippen molar-refractivity contribution in [2.45, 2.75) is 12.5 Å². The van der Waals surface area contributed by atoms with E-state index in [1.165, 1.54) is 0 Å².